The molecule has 2 aliphatic rings. The molecule has 0 radical (unpaired) electrons. The fraction of sp³-hybridized carbons (Fsp3) is 1.00. The summed E-state index contributed by atoms with van der Waals surface area (Å²) in [4.78, 5) is 2.75. The minimum Gasteiger partial charge on any atom is -0.344 e. The molecular weight excluding hydrogens is 186 g/mol. The Bertz CT molecular complexity index is 191. The molecule has 0 aromatic heterocycles. The van der Waals surface area contributed by atoms with Crippen LogP contribution in [0.3, 0.4) is 0 Å². The Labute approximate surface area is 94.8 Å². The lowest BCUT2D eigenvalue weighted by Crippen LogP contribution is -2.39. The summed E-state index contributed by atoms with van der Waals surface area (Å²) in [5.41, 5.74) is 0.666. The van der Waals surface area contributed by atoms with Crippen LogP contribution in [0.4, 0.5) is 0 Å². The second-order valence-electron chi connectivity index (χ2n) is 5.48. The molecular formula is C12H29N3. The molecule has 3 nitrogen and oxygen atoms in total. The lowest BCUT2D eigenvalue weighted by Gasteiger charge is -2.36. The molecule has 0 amide bonds. The lowest BCUT2D eigenvalue weighted by atomic mass is 9.77. The molecule has 4 unspecified atom stereocenters. The Morgan fingerprint density at radius 3 is 2.33 bits per heavy atom. The summed E-state index contributed by atoms with van der Waals surface area (Å²) in [6.45, 7) is 9.95. The molecule has 2 rings (SSSR count). The van der Waals surface area contributed by atoms with Gasteiger partial charge in [0, 0.05) is 19.1 Å². The van der Waals surface area contributed by atoms with E-state index in [0.29, 0.717) is 5.41 Å². The molecule has 0 saturated carbocycles. The van der Waals surface area contributed by atoms with Crippen molar-refractivity contribution in [3.05, 3.63) is 0 Å². The first-order valence-electron chi connectivity index (χ1n) is 5.91. The van der Waals surface area contributed by atoms with Gasteiger partial charge < -0.3 is 12.3 Å². The van der Waals surface area contributed by atoms with Gasteiger partial charge in [-0.15, -0.1) is 0 Å². The van der Waals surface area contributed by atoms with Crippen molar-refractivity contribution in [3.8, 4) is 0 Å². The lowest BCUT2D eigenvalue weighted by molar-refractivity contribution is 0.124. The predicted octanol–water partition coefficient (Wildman–Crippen LogP) is 3.23. The first kappa shape index (κ1) is 14.9. The van der Waals surface area contributed by atoms with Gasteiger partial charge in [-0.1, -0.05) is 27.2 Å². The van der Waals surface area contributed by atoms with E-state index in [1.165, 1.54) is 38.8 Å². The van der Waals surface area contributed by atoms with Crippen molar-refractivity contribution in [3.63, 3.8) is 0 Å². The third-order valence-electron chi connectivity index (χ3n) is 4.15. The molecule has 0 aromatic carbocycles. The van der Waals surface area contributed by atoms with Crippen LogP contribution < -0.4 is 12.3 Å². The van der Waals surface area contributed by atoms with Crippen LogP contribution in [0.1, 0.15) is 46.5 Å². The van der Waals surface area contributed by atoms with Crippen molar-refractivity contribution < 1.29 is 0 Å². The Kier molecular flexibility index (Phi) is 5.24. The van der Waals surface area contributed by atoms with Gasteiger partial charge in [0.15, 0.2) is 0 Å². The van der Waals surface area contributed by atoms with E-state index in [1.54, 1.807) is 0 Å². The first-order chi connectivity index (χ1) is 6.17. The van der Waals surface area contributed by atoms with Crippen LogP contribution in [0.15, 0.2) is 0 Å². The van der Waals surface area contributed by atoms with Crippen LogP contribution in [0, 0.1) is 11.3 Å². The van der Waals surface area contributed by atoms with E-state index >= 15 is 0 Å². The molecule has 2 bridgehead atoms. The van der Waals surface area contributed by atoms with Crippen molar-refractivity contribution in [2.45, 2.75) is 52.5 Å². The Hall–Kier alpha value is -0.120. The summed E-state index contributed by atoms with van der Waals surface area (Å²) in [6, 6.07) is 0.904. The third-order valence-corrected chi connectivity index (χ3v) is 4.15. The van der Waals surface area contributed by atoms with Crippen LogP contribution in [-0.4, -0.2) is 24.0 Å². The number of hydrogen-bond acceptors (Lipinski definition) is 3. The van der Waals surface area contributed by atoms with Crippen LogP contribution in [0.2, 0.25) is 0 Å². The minimum absolute atomic E-state index is 0. The van der Waals surface area contributed by atoms with Crippen molar-refractivity contribution in [2.24, 2.45) is 11.3 Å². The molecule has 2 aliphatic heterocycles. The molecule has 15 heavy (non-hydrogen) atoms. The summed E-state index contributed by atoms with van der Waals surface area (Å²) in [6.07, 6.45) is 5.67. The summed E-state index contributed by atoms with van der Waals surface area (Å²) in [7, 11) is 0. The quantitative estimate of drug-likeness (QED) is 0.742. The molecule has 0 aromatic rings. The smallest absolute Gasteiger partial charge is 0.00986 e. The number of piperidine rings is 1. The zero-order chi connectivity index (χ0) is 9.47. The highest BCUT2D eigenvalue weighted by Gasteiger charge is 2.44. The standard InChI is InChI=1S/C12H23N.2H3N/c1-4-10-6-12(3)7-11(5-2)13(8-10)9-12;;/h10-11H,4-9H2,1-3H3;2*1H3. The van der Waals surface area contributed by atoms with Gasteiger partial charge in [-0.25, -0.2) is 0 Å². The molecule has 0 spiro atoms. The maximum atomic E-state index is 2.75. The molecule has 92 valence electrons. The van der Waals surface area contributed by atoms with E-state index in [-0.39, 0.29) is 12.3 Å². The zero-order valence-electron chi connectivity index (χ0n) is 10.8. The molecule has 2 fully saturated rings. The van der Waals surface area contributed by atoms with E-state index in [4.69, 9.17) is 0 Å². The van der Waals surface area contributed by atoms with Crippen LogP contribution >= 0.6 is 0 Å². The molecule has 3 heteroatoms. The zero-order valence-corrected chi connectivity index (χ0v) is 10.8. The Balaban J connectivity index is 0.000000980. The van der Waals surface area contributed by atoms with Crippen molar-refractivity contribution in [2.75, 3.05) is 13.1 Å². The van der Waals surface area contributed by atoms with Crippen LogP contribution in [-0.2, 0) is 0 Å². The van der Waals surface area contributed by atoms with Gasteiger partial charge >= 0.3 is 0 Å². The van der Waals surface area contributed by atoms with Gasteiger partial charge in [-0.2, -0.15) is 0 Å². The van der Waals surface area contributed by atoms with E-state index < -0.39 is 0 Å². The van der Waals surface area contributed by atoms with Gasteiger partial charge in [0.1, 0.15) is 0 Å². The van der Waals surface area contributed by atoms with Gasteiger partial charge in [0.05, 0.1) is 0 Å². The van der Waals surface area contributed by atoms with Crippen molar-refractivity contribution in [1.29, 1.82) is 0 Å². The average Bonchev–Trinajstić information content (AvgIpc) is 2.35. The molecule has 0 aliphatic carbocycles. The number of rotatable bonds is 2. The second kappa shape index (κ2) is 5.28. The van der Waals surface area contributed by atoms with E-state index in [2.05, 4.69) is 25.7 Å². The maximum absolute atomic E-state index is 2.75. The average molecular weight is 215 g/mol. The van der Waals surface area contributed by atoms with E-state index in [0.717, 1.165) is 12.0 Å². The largest absolute Gasteiger partial charge is 0.344 e. The Morgan fingerprint density at radius 1 is 1.13 bits per heavy atom. The van der Waals surface area contributed by atoms with E-state index in [1.807, 2.05) is 0 Å². The van der Waals surface area contributed by atoms with Crippen molar-refractivity contribution in [1.82, 2.24) is 17.2 Å². The summed E-state index contributed by atoms with van der Waals surface area (Å²) in [5.74, 6) is 0.982. The molecule has 2 heterocycles. The summed E-state index contributed by atoms with van der Waals surface area (Å²) >= 11 is 0. The molecule has 6 N–H and O–H groups in total. The normalized spacial score (nSPS) is 43.0. The SMILES string of the molecule is CCC1CN2CC(C)(C1)CC2CC.N.N. The highest BCUT2D eigenvalue weighted by Crippen LogP contribution is 2.45. The van der Waals surface area contributed by atoms with Crippen LogP contribution in [0.5, 0.6) is 0 Å². The third kappa shape index (κ3) is 2.71. The number of hydrogen-bond donors (Lipinski definition) is 2. The monoisotopic (exact) mass is 215 g/mol. The summed E-state index contributed by atoms with van der Waals surface area (Å²) < 4.78 is 0. The fourth-order valence-electron chi connectivity index (χ4n) is 3.51. The molecule has 2 saturated heterocycles. The maximum Gasteiger partial charge on any atom is 0.00986 e. The summed E-state index contributed by atoms with van der Waals surface area (Å²) in [5, 5.41) is 0. The highest BCUT2D eigenvalue weighted by atomic mass is 15.2. The van der Waals surface area contributed by atoms with Gasteiger partial charge in [-0.05, 0) is 30.6 Å². The van der Waals surface area contributed by atoms with Gasteiger partial charge in [0.2, 0.25) is 0 Å². The van der Waals surface area contributed by atoms with Gasteiger partial charge in [0.25, 0.3) is 0 Å². The predicted molar refractivity (Wildman–Crippen MR) is 66.8 cm³/mol. The first-order valence-corrected chi connectivity index (χ1v) is 5.91. The van der Waals surface area contributed by atoms with Gasteiger partial charge in [-0.3, -0.25) is 4.90 Å². The minimum atomic E-state index is 0. The second-order valence-corrected chi connectivity index (χ2v) is 5.48. The molecule has 4 atom stereocenters. The Morgan fingerprint density at radius 2 is 1.80 bits per heavy atom. The fourth-order valence-corrected chi connectivity index (χ4v) is 3.51. The number of nitrogens with zero attached hydrogens (tertiary/aromatic N) is 1. The van der Waals surface area contributed by atoms with Crippen LogP contribution in [0.25, 0.3) is 0 Å². The van der Waals surface area contributed by atoms with E-state index in [9.17, 15) is 0 Å². The highest BCUT2D eigenvalue weighted by molar-refractivity contribution is 4.98. The number of fused-ring (bicyclic) bond motifs is 2. The van der Waals surface area contributed by atoms with Crippen molar-refractivity contribution >= 4 is 0 Å². The topological polar surface area (TPSA) is 73.2 Å².